The number of halogens is 1. The Hall–Kier alpha value is -1.55. The number of carbonyl (C=O) groups excluding carboxylic acids is 2. The molecule has 0 aliphatic heterocycles. The molecular weight excluding hydrogens is 302 g/mol. The smallest absolute Gasteiger partial charge is 0.306 e. The van der Waals surface area contributed by atoms with Crippen molar-refractivity contribution in [1.29, 1.82) is 0 Å². The van der Waals surface area contributed by atoms with Crippen LogP contribution in [-0.2, 0) is 14.3 Å². The van der Waals surface area contributed by atoms with Gasteiger partial charge in [0.15, 0.2) is 6.61 Å². The first-order valence-electron chi connectivity index (χ1n) is 7.75. The SMILES string of the molecule is C[C@H](NC(=O)COC(=O)CC1CCCC1)c1cccc(Cl)c1. The molecule has 2 rings (SSSR count). The summed E-state index contributed by atoms with van der Waals surface area (Å²) in [5, 5.41) is 3.42. The van der Waals surface area contributed by atoms with Crippen LogP contribution >= 0.6 is 11.6 Å². The molecular formula is C17H22ClNO3. The van der Waals surface area contributed by atoms with Crippen molar-refractivity contribution in [2.45, 2.75) is 45.1 Å². The molecule has 1 aliphatic rings. The minimum Gasteiger partial charge on any atom is -0.456 e. The lowest BCUT2D eigenvalue weighted by Crippen LogP contribution is -2.31. The number of nitrogens with one attached hydrogen (secondary N) is 1. The van der Waals surface area contributed by atoms with Gasteiger partial charge < -0.3 is 10.1 Å². The summed E-state index contributed by atoms with van der Waals surface area (Å²) in [7, 11) is 0. The number of esters is 1. The second-order valence-electron chi connectivity index (χ2n) is 5.86. The zero-order valence-corrected chi connectivity index (χ0v) is 13.6. The average Bonchev–Trinajstić information content (AvgIpc) is 2.98. The number of rotatable bonds is 6. The van der Waals surface area contributed by atoms with Crippen LogP contribution in [0.4, 0.5) is 0 Å². The lowest BCUT2D eigenvalue weighted by molar-refractivity contribution is -0.149. The summed E-state index contributed by atoms with van der Waals surface area (Å²) in [6, 6.07) is 7.13. The minimum absolute atomic E-state index is 0.181. The normalized spacial score (nSPS) is 16.3. The van der Waals surface area contributed by atoms with E-state index in [-0.39, 0.29) is 24.5 Å². The lowest BCUT2D eigenvalue weighted by Gasteiger charge is -2.15. The number of ether oxygens (including phenoxy) is 1. The Kier molecular flexibility index (Phi) is 6.25. The van der Waals surface area contributed by atoms with E-state index in [2.05, 4.69) is 5.32 Å². The van der Waals surface area contributed by atoms with Crippen molar-refractivity contribution in [3.05, 3.63) is 34.9 Å². The van der Waals surface area contributed by atoms with Crippen molar-refractivity contribution in [2.24, 2.45) is 5.92 Å². The number of hydrogen-bond acceptors (Lipinski definition) is 3. The van der Waals surface area contributed by atoms with E-state index < -0.39 is 0 Å². The summed E-state index contributed by atoms with van der Waals surface area (Å²) in [6.45, 7) is 1.64. The van der Waals surface area contributed by atoms with E-state index in [1.165, 1.54) is 12.8 Å². The second-order valence-corrected chi connectivity index (χ2v) is 6.30. The molecule has 1 N–H and O–H groups in total. The summed E-state index contributed by atoms with van der Waals surface area (Å²) in [6.07, 6.45) is 4.99. The van der Waals surface area contributed by atoms with Gasteiger partial charge in [-0.15, -0.1) is 0 Å². The Morgan fingerprint density at radius 3 is 2.77 bits per heavy atom. The lowest BCUT2D eigenvalue weighted by atomic mass is 10.0. The van der Waals surface area contributed by atoms with Crippen LogP contribution < -0.4 is 5.32 Å². The molecule has 0 aromatic heterocycles. The van der Waals surface area contributed by atoms with Gasteiger partial charge in [0, 0.05) is 11.4 Å². The Morgan fingerprint density at radius 2 is 2.09 bits per heavy atom. The molecule has 1 aromatic carbocycles. The highest BCUT2D eigenvalue weighted by atomic mass is 35.5. The van der Waals surface area contributed by atoms with Gasteiger partial charge in [0.2, 0.25) is 0 Å². The molecule has 1 atom stereocenters. The van der Waals surface area contributed by atoms with Crippen molar-refractivity contribution in [3.8, 4) is 0 Å². The number of carbonyl (C=O) groups is 2. The van der Waals surface area contributed by atoms with Crippen molar-refractivity contribution in [2.75, 3.05) is 6.61 Å². The quantitative estimate of drug-likeness (QED) is 0.813. The summed E-state index contributed by atoms with van der Waals surface area (Å²) < 4.78 is 5.05. The molecule has 0 unspecified atom stereocenters. The molecule has 1 aliphatic carbocycles. The van der Waals surface area contributed by atoms with E-state index in [9.17, 15) is 9.59 Å². The molecule has 1 amide bonds. The largest absolute Gasteiger partial charge is 0.456 e. The predicted molar refractivity (Wildman–Crippen MR) is 85.5 cm³/mol. The highest BCUT2D eigenvalue weighted by molar-refractivity contribution is 6.30. The highest BCUT2D eigenvalue weighted by Crippen LogP contribution is 2.27. The fourth-order valence-corrected chi connectivity index (χ4v) is 3.00. The van der Waals surface area contributed by atoms with E-state index >= 15 is 0 Å². The summed E-state index contributed by atoms with van der Waals surface area (Å²) in [4.78, 5) is 23.5. The second kappa shape index (κ2) is 8.18. The average molecular weight is 324 g/mol. The molecule has 22 heavy (non-hydrogen) atoms. The van der Waals surface area contributed by atoms with Crippen molar-refractivity contribution in [1.82, 2.24) is 5.32 Å². The molecule has 1 fully saturated rings. The van der Waals surface area contributed by atoms with Crippen LogP contribution in [0, 0.1) is 5.92 Å². The monoisotopic (exact) mass is 323 g/mol. The van der Waals surface area contributed by atoms with Gasteiger partial charge in [-0.05, 0) is 43.4 Å². The fourth-order valence-electron chi connectivity index (χ4n) is 2.80. The first-order chi connectivity index (χ1) is 10.5. The van der Waals surface area contributed by atoms with Gasteiger partial charge in [-0.1, -0.05) is 36.6 Å². The van der Waals surface area contributed by atoms with E-state index in [1.54, 1.807) is 12.1 Å². The van der Waals surface area contributed by atoms with Crippen LogP contribution in [0.3, 0.4) is 0 Å². The Balaban J connectivity index is 1.71. The molecule has 4 nitrogen and oxygen atoms in total. The predicted octanol–water partition coefficient (Wildman–Crippen LogP) is 3.64. The maximum Gasteiger partial charge on any atom is 0.306 e. The summed E-state index contributed by atoms with van der Waals surface area (Å²) in [5.74, 6) is -0.148. The third-order valence-corrected chi connectivity index (χ3v) is 4.26. The molecule has 0 saturated heterocycles. The number of hydrogen-bond donors (Lipinski definition) is 1. The Morgan fingerprint density at radius 1 is 1.36 bits per heavy atom. The third-order valence-electron chi connectivity index (χ3n) is 4.02. The zero-order valence-electron chi connectivity index (χ0n) is 12.8. The van der Waals surface area contributed by atoms with Crippen molar-refractivity contribution >= 4 is 23.5 Å². The van der Waals surface area contributed by atoms with Crippen molar-refractivity contribution in [3.63, 3.8) is 0 Å². The van der Waals surface area contributed by atoms with E-state index in [0.717, 1.165) is 18.4 Å². The number of amides is 1. The van der Waals surface area contributed by atoms with Gasteiger partial charge in [0.25, 0.3) is 5.91 Å². The number of benzene rings is 1. The Bertz CT molecular complexity index is 526. The molecule has 0 radical (unpaired) electrons. The van der Waals surface area contributed by atoms with E-state index in [4.69, 9.17) is 16.3 Å². The summed E-state index contributed by atoms with van der Waals surface area (Å²) >= 11 is 5.93. The first kappa shape index (κ1) is 16.8. The summed E-state index contributed by atoms with van der Waals surface area (Å²) in [5.41, 5.74) is 0.915. The van der Waals surface area contributed by atoms with Crippen LogP contribution in [0.15, 0.2) is 24.3 Å². The van der Waals surface area contributed by atoms with Crippen LogP contribution in [0.25, 0.3) is 0 Å². The zero-order chi connectivity index (χ0) is 15.9. The fraction of sp³-hybridized carbons (Fsp3) is 0.529. The Labute approximate surface area is 136 Å². The van der Waals surface area contributed by atoms with Crippen LogP contribution in [0.5, 0.6) is 0 Å². The minimum atomic E-state index is -0.299. The van der Waals surface area contributed by atoms with Gasteiger partial charge in [0.1, 0.15) is 0 Å². The maximum absolute atomic E-state index is 11.8. The molecule has 1 saturated carbocycles. The standard InChI is InChI=1S/C17H22ClNO3/c1-12(14-7-4-8-15(18)10-14)19-16(20)11-22-17(21)9-13-5-2-3-6-13/h4,7-8,10,12-13H,2-3,5-6,9,11H2,1H3,(H,19,20)/t12-/m0/s1. The topological polar surface area (TPSA) is 55.4 Å². The van der Waals surface area contributed by atoms with Gasteiger partial charge in [-0.2, -0.15) is 0 Å². The van der Waals surface area contributed by atoms with E-state index in [0.29, 0.717) is 17.4 Å². The van der Waals surface area contributed by atoms with Gasteiger partial charge in [-0.3, -0.25) is 9.59 Å². The molecule has 120 valence electrons. The molecule has 0 heterocycles. The van der Waals surface area contributed by atoms with Crippen LogP contribution in [-0.4, -0.2) is 18.5 Å². The molecule has 1 aromatic rings. The van der Waals surface area contributed by atoms with Crippen LogP contribution in [0.2, 0.25) is 5.02 Å². The first-order valence-corrected chi connectivity index (χ1v) is 8.13. The maximum atomic E-state index is 11.8. The molecule has 5 heteroatoms. The van der Waals surface area contributed by atoms with Crippen molar-refractivity contribution < 1.29 is 14.3 Å². The van der Waals surface area contributed by atoms with Gasteiger partial charge >= 0.3 is 5.97 Å². The highest BCUT2D eigenvalue weighted by Gasteiger charge is 2.20. The van der Waals surface area contributed by atoms with E-state index in [1.807, 2.05) is 19.1 Å². The van der Waals surface area contributed by atoms with Crippen LogP contribution in [0.1, 0.15) is 50.6 Å². The van der Waals surface area contributed by atoms with Gasteiger partial charge in [-0.25, -0.2) is 0 Å². The molecule has 0 spiro atoms. The third kappa shape index (κ3) is 5.34. The van der Waals surface area contributed by atoms with Gasteiger partial charge in [0.05, 0.1) is 6.04 Å². The molecule has 0 bridgehead atoms.